The minimum Gasteiger partial charge on any atom is -0.282 e. The number of hydrogen-bond acceptors (Lipinski definition) is 3. The standard InChI is InChI=1S/C12H9NO2S/c14-11-10(16-12(15)13-11)8-4-7-9-5-2-1-3-6-9/h1-8H,(H,13,14,15)/b7-4-,10-8+. The third kappa shape index (κ3) is 2.61. The van der Waals surface area contributed by atoms with Gasteiger partial charge in [-0.1, -0.05) is 42.5 Å². The summed E-state index contributed by atoms with van der Waals surface area (Å²) in [7, 11) is 0. The molecule has 1 saturated heterocycles. The molecule has 80 valence electrons. The van der Waals surface area contributed by atoms with Crippen LogP contribution in [0.5, 0.6) is 0 Å². The Balaban J connectivity index is 2.07. The quantitative estimate of drug-likeness (QED) is 0.796. The number of carbonyl (C=O) groups is 2. The number of nitrogens with one attached hydrogen (secondary N) is 1. The van der Waals surface area contributed by atoms with Crippen molar-refractivity contribution < 1.29 is 9.59 Å². The SMILES string of the molecule is O=C1NC(=O)/C(=C\C=C/c2ccccc2)S1. The van der Waals surface area contributed by atoms with Crippen molar-refractivity contribution in [3.05, 3.63) is 53.0 Å². The molecule has 1 aliphatic heterocycles. The summed E-state index contributed by atoms with van der Waals surface area (Å²) in [4.78, 5) is 22.5. The van der Waals surface area contributed by atoms with E-state index < -0.39 is 0 Å². The molecule has 1 fully saturated rings. The van der Waals surface area contributed by atoms with Crippen molar-refractivity contribution in [1.29, 1.82) is 0 Å². The van der Waals surface area contributed by atoms with Crippen LogP contribution in [0.15, 0.2) is 47.4 Å². The summed E-state index contributed by atoms with van der Waals surface area (Å²) in [5.74, 6) is -0.326. The molecule has 1 aromatic rings. The summed E-state index contributed by atoms with van der Waals surface area (Å²) in [6, 6.07) is 9.74. The van der Waals surface area contributed by atoms with Crippen LogP contribution in [0.2, 0.25) is 0 Å². The van der Waals surface area contributed by atoms with Crippen molar-refractivity contribution in [2.45, 2.75) is 0 Å². The second-order valence-corrected chi connectivity index (χ2v) is 4.16. The van der Waals surface area contributed by atoms with Gasteiger partial charge in [-0.2, -0.15) is 0 Å². The fourth-order valence-corrected chi connectivity index (χ4v) is 1.88. The first-order valence-corrected chi connectivity index (χ1v) is 5.54. The smallest absolute Gasteiger partial charge is 0.282 e. The lowest BCUT2D eigenvalue weighted by molar-refractivity contribution is -0.115. The molecule has 4 heteroatoms. The first-order valence-electron chi connectivity index (χ1n) is 4.72. The van der Waals surface area contributed by atoms with Crippen molar-refractivity contribution in [2.24, 2.45) is 0 Å². The Bertz CT molecular complexity index is 477. The van der Waals surface area contributed by atoms with E-state index in [-0.39, 0.29) is 11.1 Å². The van der Waals surface area contributed by atoms with E-state index in [2.05, 4.69) is 5.32 Å². The van der Waals surface area contributed by atoms with Gasteiger partial charge in [0, 0.05) is 0 Å². The minimum atomic E-state index is -0.326. The molecule has 0 unspecified atom stereocenters. The van der Waals surface area contributed by atoms with Gasteiger partial charge in [0.05, 0.1) is 4.91 Å². The molecular weight excluding hydrogens is 222 g/mol. The fraction of sp³-hybridized carbons (Fsp3) is 0. The Morgan fingerprint density at radius 2 is 1.88 bits per heavy atom. The predicted molar refractivity (Wildman–Crippen MR) is 64.7 cm³/mol. The maximum Gasteiger partial charge on any atom is 0.290 e. The molecule has 0 atom stereocenters. The largest absolute Gasteiger partial charge is 0.290 e. The van der Waals surface area contributed by atoms with Crippen LogP contribution in [0.25, 0.3) is 6.08 Å². The number of imide groups is 1. The van der Waals surface area contributed by atoms with Crippen molar-refractivity contribution in [3.8, 4) is 0 Å². The van der Waals surface area contributed by atoms with Crippen LogP contribution in [-0.4, -0.2) is 11.1 Å². The molecule has 2 rings (SSSR count). The molecule has 0 aliphatic carbocycles. The molecular formula is C12H9NO2S. The molecule has 0 spiro atoms. The fourth-order valence-electron chi connectivity index (χ4n) is 1.25. The molecule has 16 heavy (non-hydrogen) atoms. The first-order chi connectivity index (χ1) is 7.75. The van der Waals surface area contributed by atoms with Gasteiger partial charge in [-0.05, 0) is 23.4 Å². The lowest BCUT2D eigenvalue weighted by atomic mass is 10.2. The number of amides is 2. The summed E-state index contributed by atoms with van der Waals surface area (Å²) in [6.45, 7) is 0. The topological polar surface area (TPSA) is 46.2 Å². The van der Waals surface area contributed by atoms with E-state index in [1.165, 1.54) is 0 Å². The predicted octanol–water partition coefficient (Wildman–Crippen LogP) is 2.57. The minimum absolute atomic E-state index is 0.315. The Morgan fingerprint density at radius 1 is 1.12 bits per heavy atom. The van der Waals surface area contributed by atoms with Crippen LogP contribution in [-0.2, 0) is 4.79 Å². The summed E-state index contributed by atoms with van der Waals surface area (Å²) in [5.41, 5.74) is 1.05. The Hall–Kier alpha value is -1.81. The Morgan fingerprint density at radius 3 is 2.50 bits per heavy atom. The highest BCUT2D eigenvalue weighted by Gasteiger charge is 2.24. The molecule has 0 bridgehead atoms. The van der Waals surface area contributed by atoms with E-state index in [9.17, 15) is 9.59 Å². The lowest BCUT2D eigenvalue weighted by Crippen LogP contribution is -2.17. The van der Waals surface area contributed by atoms with Gasteiger partial charge in [-0.3, -0.25) is 14.9 Å². The van der Waals surface area contributed by atoms with Crippen molar-refractivity contribution in [2.75, 3.05) is 0 Å². The van der Waals surface area contributed by atoms with Gasteiger partial charge in [0.15, 0.2) is 0 Å². The van der Waals surface area contributed by atoms with Gasteiger partial charge in [0.25, 0.3) is 11.1 Å². The van der Waals surface area contributed by atoms with Gasteiger partial charge in [0.1, 0.15) is 0 Å². The highest BCUT2D eigenvalue weighted by molar-refractivity contribution is 8.18. The van der Waals surface area contributed by atoms with E-state index in [0.717, 1.165) is 17.3 Å². The number of thioether (sulfide) groups is 1. The molecule has 0 aromatic heterocycles. The number of carbonyl (C=O) groups excluding carboxylic acids is 2. The molecule has 1 N–H and O–H groups in total. The molecule has 2 amide bonds. The number of allylic oxidation sites excluding steroid dienone is 2. The molecule has 1 heterocycles. The summed E-state index contributed by atoms with van der Waals surface area (Å²) < 4.78 is 0. The van der Waals surface area contributed by atoms with Crippen LogP contribution >= 0.6 is 11.8 Å². The van der Waals surface area contributed by atoms with Gasteiger partial charge >= 0.3 is 0 Å². The second kappa shape index (κ2) is 4.81. The second-order valence-electron chi connectivity index (χ2n) is 3.14. The van der Waals surface area contributed by atoms with Crippen molar-refractivity contribution >= 4 is 29.0 Å². The molecule has 1 aromatic carbocycles. The number of benzene rings is 1. The number of rotatable bonds is 2. The van der Waals surface area contributed by atoms with Crippen LogP contribution in [0.4, 0.5) is 4.79 Å². The number of hydrogen-bond donors (Lipinski definition) is 1. The van der Waals surface area contributed by atoms with Crippen LogP contribution in [0, 0.1) is 0 Å². The zero-order valence-electron chi connectivity index (χ0n) is 8.34. The van der Waals surface area contributed by atoms with Crippen LogP contribution in [0.1, 0.15) is 5.56 Å². The first kappa shape index (κ1) is 10.7. The van der Waals surface area contributed by atoms with Gasteiger partial charge in [-0.15, -0.1) is 0 Å². The summed E-state index contributed by atoms with van der Waals surface area (Å²) >= 11 is 0.919. The van der Waals surface area contributed by atoms with E-state index >= 15 is 0 Å². The lowest BCUT2D eigenvalue weighted by Gasteiger charge is -1.89. The van der Waals surface area contributed by atoms with Crippen molar-refractivity contribution in [1.82, 2.24) is 5.32 Å². The highest BCUT2D eigenvalue weighted by Crippen LogP contribution is 2.22. The van der Waals surface area contributed by atoms with E-state index in [1.54, 1.807) is 12.2 Å². The monoisotopic (exact) mass is 231 g/mol. The van der Waals surface area contributed by atoms with Crippen LogP contribution in [0.3, 0.4) is 0 Å². The Labute approximate surface area is 97.2 Å². The molecule has 3 nitrogen and oxygen atoms in total. The summed E-state index contributed by atoms with van der Waals surface area (Å²) in [5, 5.41) is 1.88. The maximum absolute atomic E-state index is 11.2. The van der Waals surface area contributed by atoms with Crippen molar-refractivity contribution in [3.63, 3.8) is 0 Å². The average molecular weight is 231 g/mol. The Kier molecular flexibility index (Phi) is 3.22. The molecule has 0 radical (unpaired) electrons. The van der Waals surface area contributed by atoms with Gasteiger partial charge < -0.3 is 0 Å². The van der Waals surface area contributed by atoms with Gasteiger partial charge in [-0.25, -0.2) is 0 Å². The normalized spacial score (nSPS) is 18.4. The zero-order chi connectivity index (χ0) is 11.4. The average Bonchev–Trinajstić information content (AvgIpc) is 2.59. The molecule has 1 aliphatic rings. The zero-order valence-corrected chi connectivity index (χ0v) is 9.16. The maximum atomic E-state index is 11.2. The van der Waals surface area contributed by atoms with E-state index in [4.69, 9.17) is 0 Å². The van der Waals surface area contributed by atoms with Crippen LogP contribution < -0.4 is 5.32 Å². The van der Waals surface area contributed by atoms with E-state index in [0.29, 0.717) is 4.91 Å². The molecule has 0 saturated carbocycles. The highest BCUT2D eigenvalue weighted by atomic mass is 32.2. The van der Waals surface area contributed by atoms with Gasteiger partial charge in [0.2, 0.25) is 0 Å². The third-order valence-corrected chi connectivity index (χ3v) is 2.81. The third-order valence-electron chi connectivity index (χ3n) is 1.98. The summed E-state index contributed by atoms with van der Waals surface area (Å²) in [6.07, 6.45) is 5.28. The van der Waals surface area contributed by atoms with E-state index in [1.807, 2.05) is 36.4 Å².